The van der Waals surface area contributed by atoms with Crippen LogP contribution in [0.15, 0.2) is 107 Å². The second-order valence-corrected chi connectivity index (χ2v) is 9.55. The van der Waals surface area contributed by atoms with Crippen LogP contribution in [-0.4, -0.2) is 49.4 Å². The molecule has 47 heavy (non-hydrogen) atoms. The molecule has 0 unspecified atom stereocenters. The van der Waals surface area contributed by atoms with E-state index in [4.69, 9.17) is 18.9 Å². The number of carbonyl (C=O) groups is 4. The van der Waals surface area contributed by atoms with Crippen molar-refractivity contribution in [3.8, 4) is 23.0 Å². The summed E-state index contributed by atoms with van der Waals surface area (Å²) in [6.45, 7) is 4.24. The first-order valence-electron chi connectivity index (χ1n) is 14.6. The van der Waals surface area contributed by atoms with Crippen LogP contribution in [-0.2, 0) is 9.59 Å². The van der Waals surface area contributed by atoms with Gasteiger partial charge in [-0.1, -0.05) is 36.4 Å². The van der Waals surface area contributed by atoms with E-state index < -0.39 is 30.2 Å². The molecule has 0 bridgehead atoms. The predicted molar refractivity (Wildman–Crippen MR) is 174 cm³/mol. The third kappa shape index (κ3) is 10.4. The Kier molecular flexibility index (Phi) is 12.3. The smallest absolute Gasteiger partial charge is 0.343 e. The van der Waals surface area contributed by atoms with E-state index in [1.54, 1.807) is 111 Å². The molecule has 0 fully saturated rings. The number of esters is 2. The Hall–Kier alpha value is -6.30. The van der Waals surface area contributed by atoms with E-state index >= 15 is 0 Å². The Morgan fingerprint density at radius 1 is 0.574 bits per heavy atom. The number of nitrogens with one attached hydrogen (secondary N) is 2. The molecule has 4 aromatic carbocycles. The fourth-order valence-electron chi connectivity index (χ4n) is 3.96. The molecular formula is C35H32N4O8. The van der Waals surface area contributed by atoms with Crippen molar-refractivity contribution in [1.82, 2.24) is 10.9 Å². The maximum atomic E-state index is 12.4. The fraction of sp³-hybridized carbons (Fsp3) is 0.143. The lowest BCUT2D eigenvalue weighted by Gasteiger charge is -2.11. The summed E-state index contributed by atoms with van der Waals surface area (Å²) in [5.41, 5.74) is 6.45. The molecule has 240 valence electrons. The molecule has 0 saturated carbocycles. The Bertz CT molecular complexity index is 1630. The minimum atomic E-state index is -0.671. The van der Waals surface area contributed by atoms with Gasteiger partial charge in [0.2, 0.25) is 11.8 Å². The highest BCUT2D eigenvalue weighted by atomic mass is 16.6. The number of amides is 2. The van der Waals surface area contributed by atoms with Crippen LogP contribution < -0.4 is 29.8 Å². The molecule has 0 aliphatic carbocycles. The highest BCUT2D eigenvalue weighted by molar-refractivity contribution is 5.97. The summed E-state index contributed by atoms with van der Waals surface area (Å²) < 4.78 is 22.2. The Morgan fingerprint density at radius 3 is 1.36 bits per heavy atom. The summed E-state index contributed by atoms with van der Waals surface area (Å²) in [7, 11) is 0. The maximum Gasteiger partial charge on any atom is 0.343 e. The third-order valence-corrected chi connectivity index (χ3v) is 6.09. The highest BCUT2D eigenvalue weighted by Gasteiger charge is 2.15. The number of hydrogen-bond donors (Lipinski definition) is 2. The monoisotopic (exact) mass is 636 g/mol. The molecule has 4 aromatic rings. The largest absolute Gasteiger partial charge is 0.490 e. The van der Waals surface area contributed by atoms with Gasteiger partial charge in [-0.05, 0) is 85.6 Å². The van der Waals surface area contributed by atoms with E-state index in [0.717, 1.165) is 0 Å². The number of nitrogens with zero attached hydrogens (tertiary/aromatic N) is 2. The molecule has 0 saturated heterocycles. The Balaban J connectivity index is 1.27. The zero-order valence-electron chi connectivity index (χ0n) is 25.7. The van der Waals surface area contributed by atoms with Crippen LogP contribution in [0.25, 0.3) is 0 Å². The van der Waals surface area contributed by atoms with Gasteiger partial charge in [-0.2, -0.15) is 10.2 Å². The summed E-state index contributed by atoms with van der Waals surface area (Å²) >= 11 is 0. The molecular weight excluding hydrogens is 604 g/mol. The second-order valence-electron chi connectivity index (χ2n) is 9.55. The van der Waals surface area contributed by atoms with Crippen molar-refractivity contribution in [2.24, 2.45) is 10.2 Å². The van der Waals surface area contributed by atoms with Crippen molar-refractivity contribution >= 4 is 36.2 Å². The van der Waals surface area contributed by atoms with E-state index in [1.807, 2.05) is 0 Å². The van der Waals surface area contributed by atoms with Crippen LogP contribution >= 0.6 is 0 Å². The summed E-state index contributed by atoms with van der Waals surface area (Å²) in [5.74, 6) is -1.30. The molecule has 0 spiro atoms. The van der Waals surface area contributed by atoms with Crippen LogP contribution in [0.1, 0.15) is 52.1 Å². The van der Waals surface area contributed by atoms with Gasteiger partial charge in [0, 0.05) is 0 Å². The summed E-state index contributed by atoms with van der Waals surface area (Å²) in [5, 5.41) is 7.76. The first-order valence-corrected chi connectivity index (χ1v) is 14.6. The second kappa shape index (κ2) is 17.3. The molecule has 0 aliphatic heterocycles. The van der Waals surface area contributed by atoms with Crippen LogP contribution in [0.4, 0.5) is 0 Å². The van der Waals surface area contributed by atoms with Crippen LogP contribution in [0.3, 0.4) is 0 Å². The molecule has 2 N–H and O–H groups in total. The SMILES string of the molecule is CCOc1cc(C=NNC(=O)CC(=O)NN=Cc2ccc(OC(=O)c3ccccc3)c(OCC)c2)ccc1OC(=O)c1ccccc1. The predicted octanol–water partition coefficient (Wildman–Crippen LogP) is 4.91. The van der Waals surface area contributed by atoms with Gasteiger partial charge in [-0.3, -0.25) is 9.59 Å². The van der Waals surface area contributed by atoms with Gasteiger partial charge in [0.1, 0.15) is 6.42 Å². The number of hydrogen-bond acceptors (Lipinski definition) is 10. The van der Waals surface area contributed by atoms with Gasteiger partial charge in [-0.25, -0.2) is 20.4 Å². The van der Waals surface area contributed by atoms with Gasteiger partial charge in [0.05, 0.1) is 36.8 Å². The zero-order valence-corrected chi connectivity index (χ0v) is 25.7. The summed E-state index contributed by atoms with van der Waals surface area (Å²) in [4.78, 5) is 49.3. The minimum absolute atomic E-state index is 0.232. The van der Waals surface area contributed by atoms with Gasteiger partial charge < -0.3 is 18.9 Å². The highest BCUT2D eigenvalue weighted by Crippen LogP contribution is 2.30. The number of benzene rings is 4. The van der Waals surface area contributed by atoms with Crippen LogP contribution in [0, 0.1) is 0 Å². The van der Waals surface area contributed by atoms with Crippen LogP contribution in [0.5, 0.6) is 23.0 Å². The maximum absolute atomic E-state index is 12.4. The first-order chi connectivity index (χ1) is 22.9. The molecule has 0 aliphatic rings. The van der Waals surface area contributed by atoms with Crippen molar-refractivity contribution in [3.63, 3.8) is 0 Å². The number of rotatable bonds is 14. The van der Waals surface area contributed by atoms with Crippen molar-refractivity contribution < 1.29 is 38.1 Å². The minimum Gasteiger partial charge on any atom is -0.490 e. The molecule has 0 aromatic heterocycles. The van der Waals surface area contributed by atoms with E-state index in [2.05, 4.69) is 21.1 Å². The zero-order chi connectivity index (χ0) is 33.4. The Labute approximate surface area is 271 Å². The lowest BCUT2D eigenvalue weighted by Crippen LogP contribution is -2.27. The van der Waals surface area contributed by atoms with Crippen molar-refractivity contribution in [2.45, 2.75) is 20.3 Å². The molecule has 4 rings (SSSR count). The van der Waals surface area contributed by atoms with Crippen LogP contribution in [0.2, 0.25) is 0 Å². The quantitative estimate of drug-likeness (QED) is 0.0651. The van der Waals surface area contributed by atoms with Gasteiger partial charge in [0.15, 0.2) is 23.0 Å². The standard InChI is InChI=1S/C35H32N4O8/c1-3-44-30-19-24(15-17-28(30)46-34(42)26-11-7-5-8-12-26)22-36-38-32(40)21-33(41)39-37-23-25-16-18-29(31(20-25)45-4-2)47-35(43)27-13-9-6-10-14-27/h5-20,22-23H,3-4,21H2,1-2H3,(H,38,40)(H,39,41). The van der Waals surface area contributed by atoms with Crippen molar-refractivity contribution in [1.29, 1.82) is 0 Å². The van der Waals surface area contributed by atoms with E-state index in [1.165, 1.54) is 12.4 Å². The molecule has 0 heterocycles. The normalized spacial score (nSPS) is 10.8. The Morgan fingerprint density at radius 2 is 0.979 bits per heavy atom. The molecule has 0 atom stereocenters. The van der Waals surface area contributed by atoms with Crippen molar-refractivity contribution in [2.75, 3.05) is 13.2 Å². The molecule has 12 nitrogen and oxygen atoms in total. The lowest BCUT2D eigenvalue weighted by molar-refractivity contribution is -0.129. The number of carbonyl (C=O) groups excluding carboxylic acids is 4. The first kappa shape index (κ1) is 33.6. The number of ether oxygens (including phenoxy) is 4. The summed E-state index contributed by atoms with van der Waals surface area (Å²) in [6, 6.07) is 26.7. The lowest BCUT2D eigenvalue weighted by atomic mass is 10.2. The van der Waals surface area contributed by atoms with Gasteiger partial charge in [-0.15, -0.1) is 0 Å². The van der Waals surface area contributed by atoms with Gasteiger partial charge >= 0.3 is 11.9 Å². The van der Waals surface area contributed by atoms with Gasteiger partial charge in [0.25, 0.3) is 0 Å². The summed E-state index contributed by atoms with van der Waals surface area (Å²) in [6.07, 6.45) is 2.18. The fourth-order valence-corrected chi connectivity index (χ4v) is 3.96. The third-order valence-electron chi connectivity index (χ3n) is 6.09. The average Bonchev–Trinajstić information content (AvgIpc) is 3.08. The molecule has 12 heteroatoms. The topological polar surface area (TPSA) is 154 Å². The van der Waals surface area contributed by atoms with E-state index in [-0.39, 0.29) is 11.5 Å². The molecule has 0 radical (unpaired) electrons. The van der Waals surface area contributed by atoms with E-state index in [9.17, 15) is 19.2 Å². The van der Waals surface area contributed by atoms with Crippen molar-refractivity contribution in [3.05, 3.63) is 119 Å². The number of hydrazone groups is 2. The average molecular weight is 637 g/mol. The van der Waals surface area contributed by atoms with E-state index in [0.29, 0.717) is 47.0 Å². The molecule has 2 amide bonds.